The zero-order valence-electron chi connectivity index (χ0n) is 12.7. The fraction of sp³-hybridized carbons (Fsp3) is 0.600. The first kappa shape index (κ1) is 15.1. The first-order chi connectivity index (χ1) is 10.9. The van der Waals surface area contributed by atoms with Crippen LogP contribution in [0.5, 0.6) is 0 Å². The van der Waals surface area contributed by atoms with Crippen LogP contribution in [-0.2, 0) is 17.9 Å². The summed E-state index contributed by atoms with van der Waals surface area (Å²) in [6.45, 7) is 4.78. The summed E-state index contributed by atoms with van der Waals surface area (Å²) in [7, 11) is 0. The lowest BCUT2D eigenvalue weighted by Gasteiger charge is -2.31. The van der Waals surface area contributed by atoms with Crippen molar-refractivity contribution in [3.63, 3.8) is 0 Å². The minimum absolute atomic E-state index is 0.359. The van der Waals surface area contributed by atoms with Crippen molar-refractivity contribution in [2.24, 2.45) is 0 Å². The van der Waals surface area contributed by atoms with Crippen molar-refractivity contribution in [3.05, 3.63) is 36.4 Å². The molecule has 0 N–H and O–H groups in total. The van der Waals surface area contributed by atoms with Gasteiger partial charge in [-0.05, 0) is 48.4 Å². The number of likely N-dealkylation sites (tertiary alicyclic amines) is 1. The van der Waals surface area contributed by atoms with Crippen LogP contribution in [0.4, 0.5) is 0 Å². The Balaban J connectivity index is 1.30. The molecule has 0 bridgehead atoms. The van der Waals surface area contributed by atoms with E-state index >= 15 is 0 Å². The van der Waals surface area contributed by atoms with Gasteiger partial charge < -0.3 is 9.64 Å². The molecule has 1 aliphatic heterocycles. The van der Waals surface area contributed by atoms with Gasteiger partial charge in [-0.3, -0.25) is 4.98 Å². The molecular weight excluding hydrogens is 280 g/mol. The molecule has 0 unspecified atom stereocenters. The summed E-state index contributed by atoms with van der Waals surface area (Å²) in [6, 6.07) is 5.93. The van der Waals surface area contributed by atoms with E-state index in [9.17, 15) is 0 Å². The third kappa shape index (κ3) is 4.57. The van der Waals surface area contributed by atoms with Gasteiger partial charge in [-0.15, -0.1) is 5.10 Å². The van der Waals surface area contributed by atoms with E-state index in [4.69, 9.17) is 4.74 Å². The third-order valence-electron chi connectivity index (χ3n) is 3.98. The number of rotatable bonds is 7. The molecule has 1 aliphatic rings. The highest BCUT2D eigenvalue weighted by Gasteiger charge is 2.19. The van der Waals surface area contributed by atoms with Crippen molar-refractivity contribution in [1.82, 2.24) is 30.1 Å². The van der Waals surface area contributed by atoms with E-state index in [2.05, 4.69) is 25.4 Å². The molecule has 3 heterocycles. The van der Waals surface area contributed by atoms with Gasteiger partial charge in [-0.1, -0.05) is 6.07 Å². The number of pyridine rings is 1. The van der Waals surface area contributed by atoms with E-state index in [0.717, 1.165) is 51.1 Å². The van der Waals surface area contributed by atoms with Crippen LogP contribution in [0.15, 0.2) is 30.7 Å². The molecule has 7 heteroatoms. The molecule has 0 aliphatic carbocycles. The highest BCUT2D eigenvalue weighted by Crippen LogP contribution is 2.15. The van der Waals surface area contributed by atoms with Crippen LogP contribution in [0.1, 0.15) is 25.0 Å². The maximum absolute atomic E-state index is 5.96. The van der Waals surface area contributed by atoms with Gasteiger partial charge in [0, 0.05) is 25.8 Å². The Bertz CT molecular complexity index is 524. The number of piperidine rings is 1. The van der Waals surface area contributed by atoms with E-state index < -0.39 is 0 Å². The van der Waals surface area contributed by atoms with Crippen LogP contribution >= 0.6 is 0 Å². The number of ether oxygens (including phenoxy) is 1. The Morgan fingerprint density at radius 1 is 1.18 bits per heavy atom. The van der Waals surface area contributed by atoms with Crippen LogP contribution in [-0.4, -0.2) is 55.8 Å². The fourth-order valence-electron chi connectivity index (χ4n) is 2.73. The second-order valence-corrected chi connectivity index (χ2v) is 5.60. The lowest BCUT2D eigenvalue weighted by atomic mass is 10.1. The van der Waals surface area contributed by atoms with E-state index in [1.54, 1.807) is 11.0 Å². The summed E-state index contributed by atoms with van der Waals surface area (Å²) in [4.78, 5) is 6.78. The van der Waals surface area contributed by atoms with Gasteiger partial charge in [0.15, 0.2) is 0 Å². The number of aromatic nitrogens is 5. The van der Waals surface area contributed by atoms with E-state index in [1.165, 1.54) is 0 Å². The summed E-state index contributed by atoms with van der Waals surface area (Å²) < 4.78 is 7.74. The van der Waals surface area contributed by atoms with Crippen molar-refractivity contribution < 1.29 is 4.74 Å². The number of nitrogens with zero attached hydrogens (tertiary/aromatic N) is 6. The minimum atomic E-state index is 0.359. The summed E-state index contributed by atoms with van der Waals surface area (Å²) >= 11 is 0. The van der Waals surface area contributed by atoms with Crippen LogP contribution in [0.25, 0.3) is 0 Å². The maximum atomic E-state index is 5.96. The van der Waals surface area contributed by atoms with E-state index in [-0.39, 0.29) is 0 Å². The minimum Gasteiger partial charge on any atom is -0.372 e. The lowest BCUT2D eigenvalue weighted by molar-refractivity contribution is -0.00406. The number of tetrazole rings is 1. The van der Waals surface area contributed by atoms with Crippen molar-refractivity contribution in [2.45, 2.75) is 38.5 Å². The summed E-state index contributed by atoms with van der Waals surface area (Å²) in [5, 5.41) is 11.2. The predicted octanol–water partition coefficient (Wildman–Crippen LogP) is 1.14. The van der Waals surface area contributed by atoms with Crippen molar-refractivity contribution >= 4 is 0 Å². The van der Waals surface area contributed by atoms with Gasteiger partial charge in [-0.2, -0.15) is 0 Å². The largest absolute Gasteiger partial charge is 0.372 e. The second-order valence-electron chi connectivity index (χ2n) is 5.60. The summed E-state index contributed by atoms with van der Waals surface area (Å²) in [6.07, 6.45) is 7.10. The molecule has 118 valence electrons. The molecule has 0 spiro atoms. The van der Waals surface area contributed by atoms with Crippen molar-refractivity contribution in [1.29, 1.82) is 0 Å². The van der Waals surface area contributed by atoms with Gasteiger partial charge in [0.05, 0.1) is 18.4 Å². The molecule has 0 atom stereocenters. The predicted molar refractivity (Wildman–Crippen MR) is 80.9 cm³/mol. The molecule has 1 saturated heterocycles. The maximum Gasteiger partial charge on any atom is 0.138 e. The van der Waals surface area contributed by atoms with Gasteiger partial charge in [-0.25, -0.2) is 4.68 Å². The Kier molecular flexibility index (Phi) is 5.44. The average molecular weight is 302 g/mol. The normalized spacial score (nSPS) is 16.9. The van der Waals surface area contributed by atoms with Crippen molar-refractivity contribution in [3.8, 4) is 0 Å². The molecule has 3 rings (SSSR count). The zero-order chi connectivity index (χ0) is 15.0. The Hall–Kier alpha value is -1.86. The van der Waals surface area contributed by atoms with E-state index in [0.29, 0.717) is 12.7 Å². The number of hydrogen-bond acceptors (Lipinski definition) is 6. The monoisotopic (exact) mass is 302 g/mol. The van der Waals surface area contributed by atoms with Crippen molar-refractivity contribution in [2.75, 3.05) is 19.6 Å². The number of aryl methyl sites for hydroxylation is 1. The smallest absolute Gasteiger partial charge is 0.138 e. The third-order valence-corrected chi connectivity index (χ3v) is 3.98. The first-order valence-corrected chi connectivity index (χ1v) is 7.85. The molecule has 0 amide bonds. The van der Waals surface area contributed by atoms with Gasteiger partial charge in [0.2, 0.25) is 0 Å². The standard InChI is InChI=1S/C15H22N6O/c1-2-7-16-14(4-1)12-22-15-5-10-20(11-6-15)8-3-9-21-13-17-18-19-21/h1-2,4,7,13,15H,3,5-6,8-12H2. The highest BCUT2D eigenvalue weighted by atomic mass is 16.5. The van der Waals surface area contributed by atoms with Gasteiger partial charge in [0.25, 0.3) is 0 Å². The van der Waals surface area contributed by atoms with Crippen LogP contribution < -0.4 is 0 Å². The van der Waals surface area contributed by atoms with Crippen LogP contribution in [0.3, 0.4) is 0 Å². The Morgan fingerprint density at radius 2 is 2.09 bits per heavy atom. The Morgan fingerprint density at radius 3 is 2.82 bits per heavy atom. The molecular formula is C15H22N6O. The SMILES string of the molecule is c1ccc(COC2CCN(CCCn3cnnn3)CC2)nc1. The topological polar surface area (TPSA) is 69.0 Å². The lowest BCUT2D eigenvalue weighted by Crippen LogP contribution is -2.37. The molecule has 0 aromatic carbocycles. The second kappa shape index (κ2) is 7.95. The average Bonchev–Trinajstić information content (AvgIpc) is 3.08. The van der Waals surface area contributed by atoms with Crippen LogP contribution in [0.2, 0.25) is 0 Å². The van der Waals surface area contributed by atoms with Gasteiger partial charge >= 0.3 is 0 Å². The molecule has 1 fully saturated rings. The van der Waals surface area contributed by atoms with Gasteiger partial charge in [0.1, 0.15) is 6.33 Å². The first-order valence-electron chi connectivity index (χ1n) is 7.85. The summed E-state index contributed by atoms with van der Waals surface area (Å²) in [5.74, 6) is 0. The highest BCUT2D eigenvalue weighted by molar-refractivity contribution is 5.01. The molecule has 0 saturated carbocycles. The molecule has 22 heavy (non-hydrogen) atoms. The molecule has 2 aromatic rings. The van der Waals surface area contributed by atoms with E-state index in [1.807, 2.05) is 24.4 Å². The zero-order valence-corrected chi connectivity index (χ0v) is 12.7. The molecule has 2 aromatic heterocycles. The Labute approximate surface area is 130 Å². The quantitative estimate of drug-likeness (QED) is 0.764. The van der Waals surface area contributed by atoms with Crippen LogP contribution in [0, 0.1) is 0 Å². The molecule has 0 radical (unpaired) electrons. The fourth-order valence-corrected chi connectivity index (χ4v) is 2.73. The summed E-state index contributed by atoms with van der Waals surface area (Å²) in [5.41, 5.74) is 1.01. The number of hydrogen-bond donors (Lipinski definition) is 0. The molecule has 7 nitrogen and oxygen atoms in total.